The van der Waals surface area contributed by atoms with Crippen molar-refractivity contribution in [2.75, 3.05) is 7.05 Å². The summed E-state index contributed by atoms with van der Waals surface area (Å²) in [6, 6.07) is -0.219. The fourth-order valence-corrected chi connectivity index (χ4v) is 0.822. The summed E-state index contributed by atoms with van der Waals surface area (Å²) in [4.78, 5) is 11.1. The SMILES string of the molecule is CC1C(=O)N(C)N=CC1N. The van der Waals surface area contributed by atoms with Gasteiger partial charge in [0.15, 0.2) is 0 Å². The topological polar surface area (TPSA) is 58.7 Å². The number of carbonyl (C=O) groups excluding carboxylic acids is 1. The van der Waals surface area contributed by atoms with Gasteiger partial charge in [-0.15, -0.1) is 0 Å². The molecular formula is C6H11N3O. The van der Waals surface area contributed by atoms with E-state index in [2.05, 4.69) is 5.10 Å². The predicted molar refractivity (Wildman–Crippen MR) is 38.4 cm³/mol. The van der Waals surface area contributed by atoms with Crippen molar-refractivity contribution in [3.63, 3.8) is 0 Å². The molecule has 0 spiro atoms. The van der Waals surface area contributed by atoms with Crippen molar-refractivity contribution in [2.24, 2.45) is 16.8 Å². The third-order valence-electron chi connectivity index (χ3n) is 1.70. The van der Waals surface area contributed by atoms with Gasteiger partial charge >= 0.3 is 0 Å². The van der Waals surface area contributed by atoms with Gasteiger partial charge in [0.1, 0.15) is 0 Å². The van der Waals surface area contributed by atoms with Crippen LogP contribution in [0.3, 0.4) is 0 Å². The summed E-state index contributed by atoms with van der Waals surface area (Å²) in [5, 5.41) is 5.09. The van der Waals surface area contributed by atoms with Crippen molar-refractivity contribution in [3.05, 3.63) is 0 Å². The molecule has 1 amide bonds. The molecule has 1 aliphatic heterocycles. The molecule has 2 atom stereocenters. The second-order valence-electron chi connectivity index (χ2n) is 2.49. The van der Waals surface area contributed by atoms with E-state index in [0.29, 0.717) is 0 Å². The molecule has 1 rings (SSSR count). The fourth-order valence-electron chi connectivity index (χ4n) is 0.822. The molecule has 0 radical (unpaired) electrons. The molecule has 2 N–H and O–H groups in total. The maximum Gasteiger partial charge on any atom is 0.247 e. The number of hydrogen-bond acceptors (Lipinski definition) is 3. The van der Waals surface area contributed by atoms with Gasteiger partial charge in [-0.2, -0.15) is 5.10 Å². The van der Waals surface area contributed by atoms with Gasteiger partial charge in [-0.1, -0.05) is 6.92 Å². The minimum absolute atomic E-state index is 0.0185. The van der Waals surface area contributed by atoms with E-state index in [1.54, 1.807) is 20.2 Å². The summed E-state index contributed by atoms with van der Waals surface area (Å²) < 4.78 is 0. The molecule has 0 fully saturated rings. The van der Waals surface area contributed by atoms with Gasteiger partial charge in [0.05, 0.1) is 12.0 Å². The number of hydrazone groups is 1. The smallest absolute Gasteiger partial charge is 0.247 e. The molecule has 0 aromatic rings. The Bertz CT molecular complexity index is 178. The quantitative estimate of drug-likeness (QED) is 0.490. The number of amides is 1. The molecule has 0 saturated heterocycles. The van der Waals surface area contributed by atoms with Crippen LogP contribution in [0.15, 0.2) is 5.10 Å². The van der Waals surface area contributed by atoms with Gasteiger partial charge < -0.3 is 5.73 Å². The van der Waals surface area contributed by atoms with Crippen LogP contribution in [0.2, 0.25) is 0 Å². The summed E-state index contributed by atoms with van der Waals surface area (Å²) in [5.74, 6) is -0.155. The minimum atomic E-state index is -0.219. The molecule has 10 heavy (non-hydrogen) atoms. The zero-order valence-electron chi connectivity index (χ0n) is 6.11. The van der Waals surface area contributed by atoms with Crippen molar-refractivity contribution >= 4 is 12.1 Å². The standard InChI is InChI=1S/C6H11N3O/c1-4-5(7)3-8-9(2)6(4)10/h3-5H,7H2,1-2H3. The average Bonchev–Trinajstić information content (AvgIpc) is 1.93. The van der Waals surface area contributed by atoms with Crippen LogP contribution in [0.25, 0.3) is 0 Å². The molecule has 1 heterocycles. The van der Waals surface area contributed by atoms with Crippen LogP contribution in [0.4, 0.5) is 0 Å². The summed E-state index contributed by atoms with van der Waals surface area (Å²) in [7, 11) is 1.63. The second-order valence-corrected chi connectivity index (χ2v) is 2.49. The van der Waals surface area contributed by atoms with E-state index in [1.165, 1.54) is 5.01 Å². The Morgan fingerprint density at radius 3 is 2.90 bits per heavy atom. The Morgan fingerprint density at radius 1 is 1.80 bits per heavy atom. The van der Waals surface area contributed by atoms with Crippen molar-refractivity contribution in [3.8, 4) is 0 Å². The highest BCUT2D eigenvalue weighted by Gasteiger charge is 2.25. The van der Waals surface area contributed by atoms with E-state index >= 15 is 0 Å². The summed E-state index contributed by atoms with van der Waals surface area (Å²) in [6.45, 7) is 1.80. The van der Waals surface area contributed by atoms with Crippen LogP contribution in [0.5, 0.6) is 0 Å². The first kappa shape index (κ1) is 7.21. The second kappa shape index (κ2) is 2.38. The van der Waals surface area contributed by atoms with Crippen molar-refractivity contribution in [1.29, 1.82) is 0 Å². The maximum atomic E-state index is 11.1. The number of nitrogens with two attached hydrogens (primary N) is 1. The predicted octanol–water partition coefficient (Wildman–Crippen LogP) is -0.592. The third-order valence-corrected chi connectivity index (χ3v) is 1.70. The van der Waals surface area contributed by atoms with E-state index in [9.17, 15) is 4.79 Å². The molecule has 4 nitrogen and oxygen atoms in total. The van der Waals surface area contributed by atoms with E-state index < -0.39 is 0 Å². The fraction of sp³-hybridized carbons (Fsp3) is 0.667. The molecular weight excluding hydrogens is 130 g/mol. The number of rotatable bonds is 0. The number of carbonyl (C=O) groups is 1. The maximum absolute atomic E-state index is 11.1. The lowest BCUT2D eigenvalue weighted by Gasteiger charge is -2.24. The highest BCUT2D eigenvalue weighted by atomic mass is 16.2. The van der Waals surface area contributed by atoms with Gasteiger partial charge in [-0.25, -0.2) is 5.01 Å². The van der Waals surface area contributed by atoms with E-state index in [0.717, 1.165) is 0 Å². The molecule has 0 aromatic carbocycles. The van der Waals surface area contributed by atoms with Gasteiger partial charge in [-0.3, -0.25) is 4.79 Å². The average molecular weight is 141 g/mol. The zero-order valence-corrected chi connectivity index (χ0v) is 6.11. The largest absolute Gasteiger partial charge is 0.322 e. The van der Waals surface area contributed by atoms with Gasteiger partial charge in [0.25, 0.3) is 0 Å². The van der Waals surface area contributed by atoms with Crippen molar-refractivity contribution in [2.45, 2.75) is 13.0 Å². The monoisotopic (exact) mass is 141 g/mol. The molecule has 0 aromatic heterocycles. The number of hydrogen-bond donors (Lipinski definition) is 1. The van der Waals surface area contributed by atoms with Crippen molar-refractivity contribution in [1.82, 2.24) is 5.01 Å². The molecule has 2 unspecified atom stereocenters. The van der Waals surface area contributed by atoms with Crippen LogP contribution in [-0.2, 0) is 4.79 Å². The van der Waals surface area contributed by atoms with Gasteiger partial charge in [-0.05, 0) is 0 Å². The van der Waals surface area contributed by atoms with E-state index in [4.69, 9.17) is 5.73 Å². The zero-order chi connectivity index (χ0) is 7.72. The van der Waals surface area contributed by atoms with Gasteiger partial charge in [0.2, 0.25) is 5.91 Å². The molecule has 0 bridgehead atoms. The van der Waals surface area contributed by atoms with Crippen LogP contribution < -0.4 is 5.73 Å². The molecule has 0 aliphatic carbocycles. The van der Waals surface area contributed by atoms with E-state index in [1.807, 2.05) is 0 Å². The number of nitrogens with zero attached hydrogens (tertiary/aromatic N) is 2. The summed E-state index contributed by atoms with van der Waals surface area (Å²) in [6.07, 6.45) is 1.59. The lowest BCUT2D eigenvalue weighted by atomic mass is 10.0. The van der Waals surface area contributed by atoms with Crippen LogP contribution in [-0.4, -0.2) is 30.2 Å². The highest BCUT2D eigenvalue weighted by molar-refractivity contribution is 5.86. The Labute approximate surface area is 59.7 Å². The van der Waals surface area contributed by atoms with E-state index in [-0.39, 0.29) is 17.9 Å². The summed E-state index contributed by atoms with van der Waals surface area (Å²) in [5.41, 5.74) is 5.53. The first-order valence-corrected chi connectivity index (χ1v) is 3.20. The Morgan fingerprint density at radius 2 is 2.40 bits per heavy atom. The highest BCUT2D eigenvalue weighted by Crippen LogP contribution is 2.08. The lowest BCUT2D eigenvalue weighted by molar-refractivity contribution is -0.134. The van der Waals surface area contributed by atoms with Gasteiger partial charge in [0, 0.05) is 13.3 Å². The summed E-state index contributed by atoms with van der Waals surface area (Å²) >= 11 is 0. The Hall–Kier alpha value is -0.900. The third kappa shape index (κ3) is 1.02. The van der Waals surface area contributed by atoms with Crippen LogP contribution in [0, 0.1) is 5.92 Å². The minimum Gasteiger partial charge on any atom is -0.322 e. The normalized spacial score (nSPS) is 33.1. The van der Waals surface area contributed by atoms with Crippen LogP contribution >= 0.6 is 0 Å². The first-order valence-electron chi connectivity index (χ1n) is 3.20. The van der Waals surface area contributed by atoms with Crippen molar-refractivity contribution < 1.29 is 4.79 Å². The lowest BCUT2D eigenvalue weighted by Crippen LogP contribution is -2.44. The molecule has 4 heteroatoms. The van der Waals surface area contributed by atoms with Crippen LogP contribution in [0.1, 0.15) is 6.92 Å². The Kier molecular flexibility index (Phi) is 1.72. The molecule has 1 aliphatic rings. The Balaban J connectivity index is 2.79. The molecule has 0 saturated carbocycles. The first-order chi connectivity index (χ1) is 4.63. The molecule has 56 valence electrons.